The molecule has 0 bridgehead atoms. The van der Waals surface area contributed by atoms with E-state index in [2.05, 4.69) is 25.2 Å². The van der Waals surface area contributed by atoms with E-state index in [1.165, 1.54) is 5.57 Å². The van der Waals surface area contributed by atoms with Crippen molar-refractivity contribution >= 4 is 6.08 Å². The van der Waals surface area contributed by atoms with Gasteiger partial charge in [0.25, 0.3) is 0 Å². The Morgan fingerprint density at radius 2 is 1.80 bits per heavy atom. The van der Waals surface area contributed by atoms with Gasteiger partial charge in [-0.05, 0) is 32.0 Å². The van der Waals surface area contributed by atoms with Crippen LogP contribution in [-0.4, -0.2) is 34.4 Å². The molecular weight excluding hydrogens is 254 g/mol. The summed E-state index contributed by atoms with van der Waals surface area (Å²) in [6, 6.07) is 3.86. The zero-order chi connectivity index (χ0) is 15.0. The van der Waals surface area contributed by atoms with Crippen LogP contribution in [0.1, 0.15) is 25.8 Å². The van der Waals surface area contributed by atoms with Crippen LogP contribution in [0.4, 0.5) is 0 Å². The Kier molecular flexibility index (Phi) is 6.94. The molecule has 4 heteroatoms. The quantitative estimate of drug-likeness (QED) is 0.742. The second-order valence-electron chi connectivity index (χ2n) is 4.59. The fourth-order valence-corrected chi connectivity index (χ4v) is 2.02. The molecule has 0 unspecified atom stereocenters. The molecule has 0 saturated heterocycles. The van der Waals surface area contributed by atoms with Crippen LogP contribution in [0.3, 0.4) is 0 Å². The van der Waals surface area contributed by atoms with Crippen LogP contribution in [0.5, 0.6) is 17.2 Å². The van der Waals surface area contributed by atoms with Crippen molar-refractivity contribution in [2.24, 2.45) is 0 Å². The first-order chi connectivity index (χ1) is 9.67. The monoisotopic (exact) mass is 279 g/mol. The van der Waals surface area contributed by atoms with Gasteiger partial charge in [-0.2, -0.15) is 0 Å². The van der Waals surface area contributed by atoms with Crippen LogP contribution >= 0.6 is 0 Å². The molecule has 0 fully saturated rings. The van der Waals surface area contributed by atoms with E-state index in [1.54, 1.807) is 21.3 Å². The molecule has 0 saturated carbocycles. The van der Waals surface area contributed by atoms with Gasteiger partial charge in [-0.3, -0.25) is 0 Å². The van der Waals surface area contributed by atoms with Gasteiger partial charge in [-0.15, -0.1) is 0 Å². The van der Waals surface area contributed by atoms with Crippen molar-refractivity contribution < 1.29 is 14.2 Å². The lowest BCUT2D eigenvalue weighted by molar-refractivity contribution is 0.324. The normalized spacial score (nSPS) is 11.3. The van der Waals surface area contributed by atoms with Gasteiger partial charge in [0, 0.05) is 12.1 Å². The van der Waals surface area contributed by atoms with Crippen molar-refractivity contribution in [3.8, 4) is 17.2 Å². The maximum Gasteiger partial charge on any atom is 0.203 e. The van der Waals surface area contributed by atoms with Gasteiger partial charge in [0.1, 0.15) is 0 Å². The Balaban J connectivity index is 3.02. The van der Waals surface area contributed by atoms with Crippen molar-refractivity contribution in [1.82, 2.24) is 5.32 Å². The minimum Gasteiger partial charge on any atom is -0.493 e. The van der Waals surface area contributed by atoms with E-state index in [1.807, 2.05) is 12.1 Å². The van der Waals surface area contributed by atoms with E-state index in [4.69, 9.17) is 14.2 Å². The smallest absolute Gasteiger partial charge is 0.203 e. The van der Waals surface area contributed by atoms with Gasteiger partial charge in [0.05, 0.1) is 21.3 Å². The van der Waals surface area contributed by atoms with Gasteiger partial charge in [-0.25, -0.2) is 0 Å². The van der Waals surface area contributed by atoms with Gasteiger partial charge >= 0.3 is 0 Å². The molecule has 112 valence electrons. The van der Waals surface area contributed by atoms with Crippen molar-refractivity contribution in [2.75, 3.05) is 34.4 Å². The number of benzene rings is 1. The van der Waals surface area contributed by atoms with E-state index in [0.717, 1.165) is 25.1 Å². The lowest BCUT2D eigenvalue weighted by atomic mass is 10.1. The molecule has 20 heavy (non-hydrogen) atoms. The van der Waals surface area contributed by atoms with E-state index >= 15 is 0 Å². The molecule has 0 aliphatic heterocycles. The van der Waals surface area contributed by atoms with Crippen LogP contribution in [-0.2, 0) is 0 Å². The van der Waals surface area contributed by atoms with Gasteiger partial charge in [-0.1, -0.05) is 18.6 Å². The molecule has 0 spiro atoms. The summed E-state index contributed by atoms with van der Waals surface area (Å²) in [6.07, 6.45) is 3.23. The molecular formula is C16H25NO3. The maximum atomic E-state index is 5.47. The van der Waals surface area contributed by atoms with E-state index in [-0.39, 0.29) is 0 Å². The molecule has 0 aromatic heterocycles. The molecule has 0 amide bonds. The fourth-order valence-electron chi connectivity index (χ4n) is 2.02. The third kappa shape index (κ3) is 4.17. The fraction of sp³-hybridized carbons (Fsp3) is 0.500. The predicted molar refractivity (Wildman–Crippen MR) is 82.9 cm³/mol. The van der Waals surface area contributed by atoms with Gasteiger partial charge in [0.2, 0.25) is 5.75 Å². The number of rotatable bonds is 8. The highest BCUT2D eigenvalue weighted by molar-refractivity contribution is 5.67. The van der Waals surface area contributed by atoms with E-state index in [9.17, 15) is 0 Å². The maximum absolute atomic E-state index is 5.47. The third-order valence-corrected chi connectivity index (χ3v) is 2.97. The van der Waals surface area contributed by atoms with Gasteiger partial charge in [0.15, 0.2) is 11.5 Å². The zero-order valence-electron chi connectivity index (χ0n) is 13.1. The minimum absolute atomic E-state index is 0.623. The van der Waals surface area contributed by atoms with E-state index < -0.39 is 0 Å². The predicted octanol–water partition coefficient (Wildman–Crippen LogP) is 3.12. The van der Waals surface area contributed by atoms with Crippen molar-refractivity contribution in [3.63, 3.8) is 0 Å². The lowest BCUT2D eigenvalue weighted by Gasteiger charge is -2.14. The number of nitrogens with one attached hydrogen (secondary N) is 1. The largest absolute Gasteiger partial charge is 0.493 e. The van der Waals surface area contributed by atoms with Crippen LogP contribution in [0.25, 0.3) is 6.08 Å². The zero-order valence-corrected chi connectivity index (χ0v) is 13.1. The summed E-state index contributed by atoms with van der Waals surface area (Å²) in [5.74, 6) is 1.99. The highest BCUT2D eigenvalue weighted by Gasteiger charge is 2.14. The molecule has 0 aliphatic carbocycles. The first-order valence-electron chi connectivity index (χ1n) is 6.84. The summed E-state index contributed by atoms with van der Waals surface area (Å²) in [6.45, 7) is 6.14. The lowest BCUT2D eigenvalue weighted by Crippen LogP contribution is -2.16. The number of hydrogen-bond donors (Lipinski definition) is 1. The topological polar surface area (TPSA) is 39.7 Å². The van der Waals surface area contributed by atoms with Crippen LogP contribution in [0.2, 0.25) is 0 Å². The third-order valence-electron chi connectivity index (χ3n) is 2.97. The first kappa shape index (κ1) is 16.4. The Labute approximate surface area is 121 Å². The number of methoxy groups -OCH3 is 3. The average Bonchev–Trinajstić information content (AvgIpc) is 2.46. The molecule has 0 heterocycles. The molecule has 1 N–H and O–H groups in total. The summed E-state index contributed by atoms with van der Waals surface area (Å²) in [7, 11) is 4.87. The van der Waals surface area contributed by atoms with Crippen molar-refractivity contribution in [3.05, 3.63) is 23.3 Å². The second kappa shape index (κ2) is 8.48. The Morgan fingerprint density at radius 3 is 2.35 bits per heavy atom. The summed E-state index contributed by atoms with van der Waals surface area (Å²) in [5.41, 5.74) is 2.23. The standard InChI is InChI=1S/C16H25NO3/c1-6-9-17-11-12(2)10-13-7-8-14(18-3)16(20-5)15(13)19-4/h7-8,10,17H,6,9,11H2,1-5H3. The van der Waals surface area contributed by atoms with Crippen molar-refractivity contribution in [1.29, 1.82) is 0 Å². The van der Waals surface area contributed by atoms with Crippen LogP contribution in [0, 0.1) is 0 Å². The molecule has 0 atom stereocenters. The van der Waals surface area contributed by atoms with Crippen LogP contribution in [0.15, 0.2) is 17.7 Å². The number of hydrogen-bond acceptors (Lipinski definition) is 4. The van der Waals surface area contributed by atoms with Crippen molar-refractivity contribution in [2.45, 2.75) is 20.3 Å². The van der Waals surface area contributed by atoms with E-state index in [0.29, 0.717) is 17.2 Å². The Bertz CT molecular complexity index is 455. The minimum atomic E-state index is 0.623. The summed E-state index contributed by atoms with van der Waals surface area (Å²) in [4.78, 5) is 0. The highest BCUT2D eigenvalue weighted by atomic mass is 16.5. The molecule has 1 aromatic rings. The first-order valence-corrected chi connectivity index (χ1v) is 6.84. The SMILES string of the molecule is CCCNCC(C)=Cc1ccc(OC)c(OC)c1OC. The summed E-state index contributed by atoms with van der Waals surface area (Å²) >= 11 is 0. The molecule has 4 nitrogen and oxygen atoms in total. The summed E-state index contributed by atoms with van der Waals surface area (Å²) < 4.78 is 16.1. The Morgan fingerprint density at radius 1 is 1.10 bits per heavy atom. The Hall–Kier alpha value is -1.68. The highest BCUT2D eigenvalue weighted by Crippen LogP contribution is 2.40. The average molecular weight is 279 g/mol. The molecule has 0 radical (unpaired) electrons. The summed E-state index contributed by atoms with van der Waals surface area (Å²) in [5, 5.41) is 3.38. The van der Waals surface area contributed by atoms with Gasteiger partial charge < -0.3 is 19.5 Å². The second-order valence-corrected chi connectivity index (χ2v) is 4.59. The molecule has 1 rings (SSSR count). The molecule has 1 aromatic carbocycles. The van der Waals surface area contributed by atoms with Crippen LogP contribution < -0.4 is 19.5 Å². The number of ether oxygens (including phenoxy) is 3. The molecule has 0 aliphatic rings.